The van der Waals surface area contributed by atoms with E-state index in [0.29, 0.717) is 20.6 Å². The summed E-state index contributed by atoms with van der Waals surface area (Å²) in [4.78, 5) is 33.8. The highest BCUT2D eigenvalue weighted by Crippen LogP contribution is 2.33. The van der Waals surface area contributed by atoms with Crippen LogP contribution in [0.3, 0.4) is 0 Å². The predicted octanol–water partition coefficient (Wildman–Crippen LogP) is 1.37. The second kappa shape index (κ2) is 10.1. The van der Waals surface area contributed by atoms with Gasteiger partial charge >= 0.3 is 11.9 Å². The van der Waals surface area contributed by atoms with Crippen molar-refractivity contribution in [2.75, 3.05) is 20.8 Å². The number of nitrogens with one attached hydrogen (secondary N) is 1. The number of amidine groups is 1. The van der Waals surface area contributed by atoms with Gasteiger partial charge in [0.15, 0.2) is 23.3 Å². The van der Waals surface area contributed by atoms with Gasteiger partial charge in [0.1, 0.15) is 0 Å². The summed E-state index contributed by atoms with van der Waals surface area (Å²) < 4.78 is 15.5. The lowest BCUT2D eigenvalue weighted by atomic mass is 10.2. The highest BCUT2D eigenvalue weighted by atomic mass is 127. The van der Waals surface area contributed by atoms with Gasteiger partial charge in [0.25, 0.3) is 5.91 Å². The summed E-state index contributed by atoms with van der Waals surface area (Å²) in [7, 11) is 2.64. The Kier molecular flexibility index (Phi) is 7.80. The molecule has 2 N–H and O–H groups in total. The van der Waals surface area contributed by atoms with E-state index >= 15 is 0 Å². The van der Waals surface area contributed by atoms with Crippen molar-refractivity contribution in [2.45, 2.75) is 0 Å². The molecule has 0 spiro atoms. The number of hydrogen-bond acceptors (Lipinski definition) is 9. The van der Waals surface area contributed by atoms with Gasteiger partial charge in [0, 0.05) is 6.08 Å². The highest BCUT2D eigenvalue weighted by molar-refractivity contribution is 14.1. The first-order valence-corrected chi connectivity index (χ1v) is 9.35. The fraction of sp³-hybridized carbons (Fsp3) is 0.188. The number of ether oxygens (including phenoxy) is 3. The number of thioether (sulfide) groups is 1. The van der Waals surface area contributed by atoms with Crippen molar-refractivity contribution in [3.05, 3.63) is 32.2 Å². The van der Waals surface area contributed by atoms with E-state index in [0.717, 1.165) is 17.8 Å². The molecule has 1 fully saturated rings. The second-order valence-electron chi connectivity index (χ2n) is 4.95. The Morgan fingerprint density at radius 3 is 2.75 bits per heavy atom. The number of carbonyl (C=O) groups is 3. The summed E-state index contributed by atoms with van der Waals surface area (Å²) in [5, 5.41) is 19.2. The standard InChI is InChI=1S/C16H14IN3O7S/c1-25-10-4-8(3-9(17)14(10)27-7-12(21)22)6-18-20-16-19-15(24)11(28-16)5-13(23)26-2/h3-6H,7H2,1-2H3,(H,21,22)(H,19,20,24)/b11-5+,18-6?. The molecule has 0 unspecified atom stereocenters. The molecule has 1 aromatic carbocycles. The van der Waals surface area contributed by atoms with E-state index in [1.807, 2.05) is 22.6 Å². The molecule has 0 bridgehead atoms. The van der Waals surface area contributed by atoms with Crippen molar-refractivity contribution >= 4 is 63.6 Å². The third-order valence-electron chi connectivity index (χ3n) is 3.05. The minimum absolute atomic E-state index is 0.150. The first kappa shape index (κ1) is 21.7. The number of esters is 1. The number of amides is 1. The summed E-state index contributed by atoms with van der Waals surface area (Å²) >= 11 is 2.94. The summed E-state index contributed by atoms with van der Waals surface area (Å²) in [6.07, 6.45) is 2.49. The molecule has 0 atom stereocenters. The zero-order chi connectivity index (χ0) is 20.7. The molecule has 1 amide bonds. The molecule has 12 heteroatoms. The molecule has 1 aliphatic heterocycles. The number of carbonyl (C=O) groups excluding carboxylic acids is 2. The highest BCUT2D eigenvalue weighted by Gasteiger charge is 2.25. The number of carboxylic acids is 1. The molecule has 0 aromatic heterocycles. The fourth-order valence-corrected chi connectivity index (χ4v) is 3.40. The van der Waals surface area contributed by atoms with Gasteiger partial charge in [-0.1, -0.05) is 0 Å². The van der Waals surface area contributed by atoms with E-state index < -0.39 is 24.5 Å². The lowest BCUT2D eigenvalue weighted by molar-refractivity contribution is -0.139. The molecular weight excluding hydrogens is 505 g/mol. The molecule has 1 aromatic rings. The first-order valence-electron chi connectivity index (χ1n) is 7.46. The smallest absolute Gasteiger partial charge is 0.341 e. The van der Waals surface area contributed by atoms with Crippen LogP contribution in [0, 0.1) is 3.57 Å². The number of carboxylic acid groups (broad SMARTS) is 1. The first-order chi connectivity index (χ1) is 13.3. The van der Waals surface area contributed by atoms with Crippen LogP contribution in [-0.2, 0) is 19.1 Å². The third kappa shape index (κ3) is 5.95. The summed E-state index contributed by atoms with van der Waals surface area (Å²) in [5.41, 5.74) is 0.618. The number of nitrogens with zero attached hydrogens (tertiary/aromatic N) is 2. The number of hydrogen-bond donors (Lipinski definition) is 2. The maximum absolute atomic E-state index is 11.7. The minimum atomic E-state index is -1.10. The van der Waals surface area contributed by atoms with Gasteiger partial charge in [-0.3, -0.25) is 10.1 Å². The molecule has 28 heavy (non-hydrogen) atoms. The van der Waals surface area contributed by atoms with Gasteiger partial charge in [-0.2, -0.15) is 5.10 Å². The van der Waals surface area contributed by atoms with Crippen LogP contribution in [-0.4, -0.2) is 55.2 Å². The lowest BCUT2D eigenvalue weighted by Crippen LogP contribution is -2.19. The Hall–Kier alpha value is -2.61. The van der Waals surface area contributed by atoms with Crippen molar-refractivity contribution in [3.8, 4) is 11.5 Å². The van der Waals surface area contributed by atoms with Crippen molar-refractivity contribution in [1.82, 2.24) is 5.32 Å². The average Bonchev–Trinajstić information content (AvgIpc) is 2.99. The number of benzene rings is 1. The Morgan fingerprint density at radius 1 is 1.36 bits per heavy atom. The molecule has 1 saturated heterocycles. The van der Waals surface area contributed by atoms with E-state index in [4.69, 9.17) is 14.6 Å². The maximum atomic E-state index is 11.7. The normalized spacial score (nSPS) is 16.5. The Labute approximate surface area is 177 Å². The Balaban J connectivity index is 2.14. The van der Waals surface area contributed by atoms with Crippen LogP contribution in [0.25, 0.3) is 0 Å². The number of methoxy groups -OCH3 is 2. The van der Waals surface area contributed by atoms with Gasteiger partial charge in [0.2, 0.25) is 0 Å². The molecule has 0 aliphatic carbocycles. The minimum Gasteiger partial charge on any atom is -0.493 e. The predicted molar refractivity (Wildman–Crippen MR) is 110 cm³/mol. The van der Waals surface area contributed by atoms with Crippen molar-refractivity contribution in [2.24, 2.45) is 10.2 Å². The van der Waals surface area contributed by atoms with Crippen LogP contribution in [0.5, 0.6) is 11.5 Å². The Bertz CT molecular complexity index is 898. The maximum Gasteiger partial charge on any atom is 0.341 e. The largest absolute Gasteiger partial charge is 0.493 e. The molecular formula is C16H14IN3O7S. The number of aliphatic carboxylic acids is 1. The molecule has 10 nitrogen and oxygen atoms in total. The monoisotopic (exact) mass is 519 g/mol. The van der Waals surface area contributed by atoms with Crippen molar-refractivity contribution < 1.29 is 33.7 Å². The van der Waals surface area contributed by atoms with Crippen molar-refractivity contribution in [1.29, 1.82) is 0 Å². The number of rotatable bonds is 7. The average molecular weight is 519 g/mol. The van der Waals surface area contributed by atoms with Gasteiger partial charge in [-0.15, -0.1) is 5.10 Å². The van der Waals surface area contributed by atoms with Gasteiger partial charge in [0.05, 0.1) is 28.9 Å². The summed E-state index contributed by atoms with van der Waals surface area (Å²) in [6.45, 7) is -0.494. The molecule has 1 heterocycles. The van der Waals surface area contributed by atoms with E-state index in [9.17, 15) is 14.4 Å². The zero-order valence-electron chi connectivity index (χ0n) is 14.6. The summed E-state index contributed by atoms with van der Waals surface area (Å²) in [6, 6.07) is 3.30. The van der Waals surface area contributed by atoms with Gasteiger partial charge in [-0.05, 0) is 52.0 Å². The summed E-state index contributed by atoms with van der Waals surface area (Å²) in [5.74, 6) is -1.56. The van der Waals surface area contributed by atoms with Crippen LogP contribution in [0.15, 0.2) is 33.3 Å². The lowest BCUT2D eigenvalue weighted by Gasteiger charge is -2.11. The molecule has 0 radical (unpaired) electrons. The van der Waals surface area contributed by atoms with Gasteiger partial charge < -0.3 is 19.3 Å². The molecule has 1 aliphatic rings. The SMILES string of the molecule is COC(=O)/C=C1/S/C(=N\N=Cc2cc(I)c(OCC(=O)O)c(OC)c2)NC1=O. The number of halogens is 1. The van der Waals surface area contributed by atoms with Crippen LogP contribution in [0.2, 0.25) is 0 Å². The van der Waals surface area contributed by atoms with Gasteiger partial charge in [-0.25, -0.2) is 9.59 Å². The molecule has 2 rings (SSSR count). The fourth-order valence-electron chi connectivity index (χ4n) is 1.88. The van der Waals surface area contributed by atoms with Crippen LogP contribution < -0.4 is 14.8 Å². The van der Waals surface area contributed by atoms with E-state index in [2.05, 4.69) is 20.3 Å². The Morgan fingerprint density at radius 2 is 2.11 bits per heavy atom. The van der Waals surface area contributed by atoms with Crippen LogP contribution in [0.4, 0.5) is 0 Å². The quantitative estimate of drug-likeness (QED) is 0.181. The molecule has 0 saturated carbocycles. The van der Waals surface area contributed by atoms with E-state index in [-0.39, 0.29) is 10.1 Å². The third-order valence-corrected chi connectivity index (χ3v) is 4.75. The van der Waals surface area contributed by atoms with Crippen molar-refractivity contribution in [3.63, 3.8) is 0 Å². The molecule has 148 valence electrons. The van der Waals surface area contributed by atoms with Crippen LogP contribution >= 0.6 is 34.4 Å². The van der Waals surface area contributed by atoms with E-state index in [1.165, 1.54) is 20.4 Å². The second-order valence-corrected chi connectivity index (χ2v) is 7.15. The topological polar surface area (TPSA) is 136 Å². The van der Waals surface area contributed by atoms with E-state index in [1.54, 1.807) is 12.1 Å². The zero-order valence-corrected chi connectivity index (χ0v) is 17.6. The van der Waals surface area contributed by atoms with Crippen LogP contribution in [0.1, 0.15) is 5.56 Å².